The van der Waals surface area contributed by atoms with Crippen LogP contribution in [0.15, 0.2) is 54.6 Å². The lowest BCUT2D eigenvalue weighted by atomic mass is 10.0. The Hall–Kier alpha value is -4.42. The Kier molecular flexibility index (Phi) is 14.2. The Bertz CT molecular complexity index is 1340. The number of benzene rings is 2. The number of hydrogen-bond donors (Lipinski definition) is 3. The number of amides is 5. The van der Waals surface area contributed by atoms with E-state index in [1.165, 1.54) is 12.2 Å². The lowest BCUT2D eigenvalue weighted by Crippen LogP contribution is -2.45. The molecule has 0 aliphatic carbocycles. The van der Waals surface area contributed by atoms with Crippen molar-refractivity contribution in [1.29, 1.82) is 0 Å². The van der Waals surface area contributed by atoms with E-state index in [-0.39, 0.29) is 63.2 Å². The van der Waals surface area contributed by atoms with Crippen molar-refractivity contribution in [3.05, 3.63) is 60.2 Å². The van der Waals surface area contributed by atoms with Gasteiger partial charge in [-0.3, -0.25) is 33.7 Å². The summed E-state index contributed by atoms with van der Waals surface area (Å²) in [4.78, 5) is 72.4. The number of carbonyl (C=O) groups is 6. The molecule has 1 unspecified atom stereocenters. The Balaban J connectivity index is 1.17. The van der Waals surface area contributed by atoms with Crippen molar-refractivity contribution in [2.24, 2.45) is 5.73 Å². The second kappa shape index (κ2) is 18.3. The molecule has 2 aromatic rings. The summed E-state index contributed by atoms with van der Waals surface area (Å²) in [5.41, 5.74) is 6.37. The zero-order valence-electron chi connectivity index (χ0n) is 24.8. The van der Waals surface area contributed by atoms with Gasteiger partial charge in [0.25, 0.3) is 11.8 Å². The molecule has 12 heteroatoms. The predicted octanol–water partition coefficient (Wildman–Crippen LogP) is 1.34. The highest BCUT2D eigenvalue weighted by molar-refractivity contribution is 6.13. The van der Waals surface area contributed by atoms with Crippen molar-refractivity contribution in [3.63, 3.8) is 0 Å². The van der Waals surface area contributed by atoms with Crippen LogP contribution in [0.5, 0.6) is 0 Å². The highest BCUT2D eigenvalue weighted by Gasteiger charge is 2.23. The lowest BCUT2D eigenvalue weighted by molar-refractivity contribution is -0.137. The van der Waals surface area contributed by atoms with E-state index in [4.69, 9.17) is 15.2 Å². The van der Waals surface area contributed by atoms with Gasteiger partial charge in [-0.15, -0.1) is 0 Å². The van der Waals surface area contributed by atoms with Gasteiger partial charge in [0.15, 0.2) is 0 Å². The summed E-state index contributed by atoms with van der Waals surface area (Å²) < 4.78 is 10.7. The molecule has 0 spiro atoms. The summed E-state index contributed by atoms with van der Waals surface area (Å²) >= 11 is 0. The van der Waals surface area contributed by atoms with E-state index >= 15 is 0 Å². The third-order valence-electron chi connectivity index (χ3n) is 7.02. The van der Waals surface area contributed by atoms with Crippen LogP contribution in [0.2, 0.25) is 0 Å². The van der Waals surface area contributed by atoms with Gasteiger partial charge < -0.3 is 25.8 Å². The number of fused-ring (bicyclic) bond motifs is 1. The van der Waals surface area contributed by atoms with Crippen LogP contribution in [0.25, 0.3) is 10.8 Å². The quantitative estimate of drug-likeness (QED) is 0.141. The molecule has 0 saturated carbocycles. The number of ether oxygens (including phenoxy) is 2. The van der Waals surface area contributed by atoms with Gasteiger partial charge in [0.05, 0.1) is 19.6 Å². The maximum atomic E-state index is 12.6. The van der Waals surface area contributed by atoms with Crippen LogP contribution in [0.1, 0.15) is 44.1 Å². The van der Waals surface area contributed by atoms with E-state index < -0.39 is 23.8 Å². The fourth-order valence-corrected chi connectivity index (χ4v) is 4.67. The molecule has 12 nitrogen and oxygen atoms in total. The average molecular weight is 609 g/mol. The van der Waals surface area contributed by atoms with E-state index in [2.05, 4.69) is 10.6 Å². The highest BCUT2D eigenvalue weighted by Crippen LogP contribution is 2.19. The molecule has 1 atom stereocenters. The SMILES string of the molecule is NC(=O)C(CCCCNC(=O)COCCOCCCC(=O)CCN1C(=O)C=CC1=O)NC(=O)Cc1cccc2ccccc12. The molecular weight excluding hydrogens is 568 g/mol. The standard InChI is InChI=1S/C32H40N4O8/c33-32(42)27(35-28(38)21-24-9-5-8-23-7-1-2-11-26(23)24)12-3-4-16-34-29(39)22-44-20-19-43-18-6-10-25(37)15-17-36-30(40)13-14-31(36)41/h1-2,5,7-9,11,13-14,27H,3-4,6,10,12,15-22H2,(H2,33,42)(H,34,39)(H,35,38). The van der Waals surface area contributed by atoms with Crippen molar-refractivity contribution in [2.75, 3.05) is 39.5 Å². The minimum Gasteiger partial charge on any atom is -0.379 e. The number of rotatable bonds is 21. The first kappa shape index (κ1) is 34.1. The number of hydrogen-bond acceptors (Lipinski definition) is 8. The number of imide groups is 1. The Morgan fingerprint density at radius 3 is 2.32 bits per heavy atom. The number of Topliss-reactive ketones (excluding diaryl/α,β-unsaturated/α-hetero) is 1. The van der Waals surface area contributed by atoms with Crippen LogP contribution in [0.3, 0.4) is 0 Å². The first-order valence-electron chi connectivity index (χ1n) is 14.8. The van der Waals surface area contributed by atoms with Gasteiger partial charge in [-0.05, 0) is 42.0 Å². The largest absolute Gasteiger partial charge is 0.379 e. The van der Waals surface area contributed by atoms with Gasteiger partial charge in [-0.1, -0.05) is 42.5 Å². The minimum atomic E-state index is -0.793. The average Bonchev–Trinajstić information content (AvgIpc) is 3.32. The number of ketones is 1. The van der Waals surface area contributed by atoms with Crippen molar-refractivity contribution >= 4 is 46.1 Å². The molecule has 44 heavy (non-hydrogen) atoms. The number of carbonyl (C=O) groups excluding carboxylic acids is 6. The molecule has 0 fully saturated rings. The summed E-state index contributed by atoms with van der Waals surface area (Å²) in [6.45, 7) is 1.17. The molecule has 4 N–H and O–H groups in total. The molecule has 1 heterocycles. The predicted molar refractivity (Wildman–Crippen MR) is 162 cm³/mol. The third-order valence-corrected chi connectivity index (χ3v) is 7.02. The first-order valence-corrected chi connectivity index (χ1v) is 14.8. The molecule has 3 rings (SSSR count). The van der Waals surface area contributed by atoms with Gasteiger partial charge in [0.1, 0.15) is 18.4 Å². The van der Waals surface area contributed by atoms with Crippen LogP contribution >= 0.6 is 0 Å². The van der Waals surface area contributed by atoms with Gasteiger partial charge in [-0.25, -0.2) is 0 Å². The zero-order valence-corrected chi connectivity index (χ0v) is 24.8. The molecule has 1 aliphatic heterocycles. The Labute approximate surface area is 256 Å². The summed E-state index contributed by atoms with van der Waals surface area (Å²) in [5.74, 6) is -2.02. The lowest BCUT2D eigenvalue weighted by Gasteiger charge is -2.16. The molecule has 5 amide bonds. The molecule has 2 aromatic carbocycles. The number of unbranched alkanes of at least 4 members (excludes halogenated alkanes) is 1. The van der Waals surface area contributed by atoms with E-state index in [0.717, 1.165) is 21.2 Å². The first-order chi connectivity index (χ1) is 21.2. The second-order valence-corrected chi connectivity index (χ2v) is 10.4. The highest BCUT2D eigenvalue weighted by atomic mass is 16.5. The normalized spacial score (nSPS) is 13.3. The van der Waals surface area contributed by atoms with Crippen molar-refractivity contribution in [2.45, 2.75) is 51.0 Å². The van der Waals surface area contributed by atoms with E-state index in [1.807, 2.05) is 42.5 Å². The summed E-state index contributed by atoms with van der Waals surface area (Å²) in [5, 5.41) is 7.50. The van der Waals surface area contributed by atoms with E-state index in [1.54, 1.807) is 0 Å². The molecule has 236 valence electrons. The number of nitrogens with zero attached hydrogens (tertiary/aromatic N) is 1. The fourth-order valence-electron chi connectivity index (χ4n) is 4.67. The smallest absolute Gasteiger partial charge is 0.253 e. The maximum absolute atomic E-state index is 12.6. The van der Waals surface area contributed by atoms with Crippen LogP contribution in [0.4, 0.5) is 0 Å². The topological polar surface area (TPSA) is 174 Å². The number of primary amides is 1. The van der Waals surface area contributed by atoms with Crippen LogP contribution in [0, 0.1) is 0 Å². The molecule has 0 bridgehead atoms. The van der Waals surface area contributed by atoms with Gasteiger partial charge in [0, 0.05) is 44.7 Å². The van der Waals surface area contributed by atoms with E-state index in [0.29, 0.717) is 38.8 Å². The third kappa shape index (κ3) is 11.7. The molecule has 0 aromatic heterocycles. The summed E-state index contributed by atoms with van der Waals surface area (Å²) in [6, 6.07) is 12.8. The molecule has 0 radical (unpaired) electrons. The zero-order chi connectivity index (χ0) is 31.7. The Morgan fingerprint density at radius 2 is 1.55 bits per heavy atom. The summed E-state index contributed by atoms with van der Waals surface area (Å²) in [6.07, 6.45) is 4.95. The van der Waals surface area contributed by atoms with Crippen molar-refractivity contribution < 1.29 is 38.2 Å². The summed E-state index contributed by atoms with van der Waals surface area (Å²) in [7, 11) is 0. The molecular formula is C32H40N4O8. The van der Waals surface area contributed by atoms with Crippen LogP contribution in [-0.2, 0) is 44.7 Å². The monoisotopic (exact) mass is 608 g/mol. The minimum absolute atomic E-state index is 0.0548. The molecule has 1 aliphatic rings. The number of nitrogens with one attached hydrogen (secondary N) is 2. The van der Waals surface area contributed by atoms with Crippen LogP contribution in [-0.4, -0.2) is 85.8 Å². The Morgan fingerprint density at radius 1 is 0.818 bits per heavy atom. The number of nitrogens with two attached hydrogens (primary N) is 1. The van der Waals surface area contributed by atoms with Gasteiger partial charge >= 0.3 is 0 Å². The van der Waals surface area contributed by atoms with Gasteiger partial charge in [0.2, 0.25) is 17.7 Å². The fraction of sp³-hybridized carbons (Fsp3) is 0.438. The maximum Gasteiger partial charge on any atom is 0.253 e. The molecule has 0 saturated heterocycles. The van der Waals surface area contributed by atoms with Crippen molar-refractivity contribution in [1.82, 2.24) is 15.5 Å². The second-order valence-electron chi connectivity index (χ2n) is 10.4. The van der Waals surface area contributed by atoms with E-state index in [9.17, 15) is 28.8 Å². The van der Waals surface area contributed by atoms with Gasteiger partial charge in [-0.2, -0.15) is 0 Å². The van der Waals surface area contributed by atoms with Crippen molar-refractivity contribution in [3.8, 4) is 0 Å². The van der Waals surface area contributed by atoms with Crippen LogP contribution < -0.4 is 16.4 Å².